The van der Waals surface area contributed by atoms with E-state index in [1.165, 1.54) is 4.90 Å². The summed E-state index contributed by atoms with van der Waals surface area (Å²) in [6, 6.07) is 9.42. The van der Waals surface area contributed by atoms with Crippen molar-refractivity contribution in [2.45, 2.75) is 18.9 Å². The Labute approximate surface area is 105 Å². The summed E-state index contributed by atoms with van der Waals surface area (Å²) in [6.45, 7) is 0.653. The van der Waals surface area contributed by atoms with E-state index >= 15 is 0 Å². The lowest BCUT2D eigenvalue weighted by molar-refractivity contribution is -0.138. The van der Waals surface area contributed by atoms with E-state index in [0.717, 1.165) is 5.56 Å². The highest BCUT2D eigenvalue weighted by atomic mass is 16.6. The molecule has 1 saturated heterocycles. The van der Waals surface area contributed by atoms with Crippen LogP contribution in [0.2, 0.25) is 0 Å². The van der Waals surface area contributed by atoms with E-state index in [2.05, 4.69) is 0 Å². The summed E-state index contributed by atoms with van der Waals surface area (Å²) in [4.78, 5) is 23.7. The molecule has 18 heavy (non-hydrogen) atoms. The maximum Gasteiger partial charge on any atom is 0.410 e. The van der Waals surface area contributed by atoms with Gasteiger partial charge in [-0.05, 0) is 12.0 Å². The molecule has 0 aliphatic carbocycles. The zero-order chi connectivity index (χ0) is 13.0. The normalized spacial score (nSPS) is 18.8. The summed E-state index contributed by atoms with van der Waals surface area (Å²) in [6.07, 6.45) is 0.212. The van der Waals surface area contributed by atoms with Gasteiger partial charge < -0.3 is 14.7 Å². The summed E-state index contributed by atoms with van der Waals surface area (Å²) in [5, 5.41) is 8.77. The van der Waals surface area contributed by atoms with Crippen LogP contribution in [0.4, 0.5) is 4.79 Å². The fraction of sp³-hybridized carbons (Fsp3) is 0.385. The SMILES string of the molecule is O=C(O)CC1COC(=O)N1CCc1ccccc1. The Kier molecular flexibility index (Phi) is 3.82. The minimum Gasteiger partial charge on any atom is -0.481 e. The van der Waals surface area contributed by atoms with Gasteiger partial charge in [-0.25, -0.2) is 4.79 Å². The largest absolute Gasteiger partial charge is 0.481 e. The average Bonchev–Trinajstić information content (AvgIpc) is 2.68. The van der Waals surface area contributed by atoms with E-state index < -0.39 is 12.1 Å². The Morgan fingerprint density at radius 1 is 1.39 bits per heavy atom. The predicted octanol–water partition coefficient (Wildman–Crippen LogP) is 1.52. The number of benzene rings is 1. The van der Waals surface area contributed by atoms with Crippen LogP contribution in [0.25, 0.3) is 0 Å². The average molecular weight is 249 g/mol. The first-order valence-electron chi connectivity index (χ1n) is 5.86. The molecule has 1 atom stereocenters. The van der Waals surface area contributed by atoms with Crippen LogP contribution in [0, 0.1) is 0 Å². The maximum atomic E-state index is 11.5. The number of carboxylic acids is 1. The first kappa shape index (κ1) is 12.4. The van der Waals surface area contributed by atoms with E-state index in [1.54, 1.807) is 0 Å². The Bertz CT molecular complexity index is 432. The minimum absolute atomic E-state index is 0.0689. The number of cyclic esters (lactones) is 1. The minimum atomic E-state index is -0.914. The van der Waals surface area contributed by atoms with Crippen molar-refractivity contribution < 1.29 is 19.4 Å². The number of aliphatic carboxylic acids is 1. The molecule has 1 fully saturated rings. The van der Waals surface area contributed by atoms with Crippen molar-refractivity contribution in [2.75, 3.05) is 13.2 Å². The molecule has 2 rings (SSSR count). The van der Waals surface area contributed by atoms with Gasteiger partial charge in [0.15, 0.2) is 0 Å². The van der Waals surface area contributed by atoms with Crippen molar-refractivity contribution in [3.05, 3.63) is 35.9 Å². The number of carbonyl (C=O) groups is 2. The van der Waals surface area contributed by atoms with Crippen molar-refractivity contribution in [1.82, 2.24) is 4.90 Å². The molecule has 1 aliphatic heterocycles. The van der Waals surface area contributed by atoms with Gasteiger partial charge in [-0.2, -0.15) is 0 Å². The number of carboxylic acid groups (broad SMARTS) is 1. The highest BCUT2D eigenvalue weighted by Crippen LogP contribution is 2.16. The van der Waals surface area contributed by atoms with Crippen LogP contribution in [0.15, 0.2) is 30.3 Å². The fourth-order valence-corrected chi connectivity index (χ4v) is 2.03. The van der Waals surface area contributed by atoms with E-state index in [4.69, 9.17) is 9.84 Å². The molecule has 1 unspecified atom stereocenters. The lowest BCUT2D eigenvalue weighted by atomic mass is 10.1. The van der Waals surface area contributed by atoms with Gasteiger partial charge in [0.1, 0.15) is 6.61 Å². The number of nitrogens with zero attached hydrogens (tertiary/aromatic N) is 1. The fourth-order valence-electron chi connectivity index (χ4n) is 2.03. The Hall–Kier alpha value is -2.04. The zero-order valence-electron chi connectivity index (χ0n) is 9.91. The van der Waals surface area contributed by atoms with Crippen LogP contribution < -0.4 is 0 Å². The molecule has 0 radical (unpaired) electrons. The van der Waals surface area contributed by atoms with E-state index in [9.17, 15) is 9.59 Å². The summed E-state index contributed by atoms with van der Waals surface area (Å²) in [5.74, 6) is -0.914. The smallest absolute Gasteiger partial charge is 0.410 e. The number of rotatable bonds is 5. The van der Waals surface area contributed by atoms with Gasteiger partial charge in [0, 0.05) is 6.54 Å². The molecule has 1 heterocycles. The number of ether oxygens (including phenoxy) is 1. The van der Waals surface area contributed by atoms with Crippen molar-refractivity contribution in [3.8, 4) is 0 Å². The van der Waals surface area contributed by atoms with Crippen LogP contribution >= 0.6 is 0 Å². The van der Waals surface area contributed by atoms with Crippen LogP contribution in [0.1, 0.15) is 12.0 Å². The van der Waals surface area contributed by atoms with Crippen molar-refractivity contribution in [3.63, 3.8) is 0 Å². The molecule has 1 aliphatic rings. The van der Waals surface area contributed by atoms with Gasteiger partial charge in [0.05, 0.1) is 12.5 Å². The lowest BCUT2D eigenvalue weighted by Gasteiger charge is -2.19. The molecule has 0 saturated carbocycles. The Morgan fingerprint density at radius 2 is 2.11 bits per heavy atom. The highest BCUT2D eigenvalue weighted by Gasteiger charge is 2.33. The van der Waals surface area contributed by atoms with Crippen molar-refractivity contribution in [2.24, 2.45) is 0 Å². The molecule has 1 amide bonds. The van der Waals surface area contributed by atoms with Gasteiger partial charge in [-0.3, -0.25) is 4.79 Å². The zero-order valence-corrected chi connectivity index (χ0v) is 9.91. The molecule has 0 bridgehead atoms. The molecular formula is C13H15NO4. The second-order valence-corrected chi connectivity index (χ2v) is 4.26. The van der Waals surface area contributed by atoms with Crippen LogP contribution in [-0.4, -0.2) is 41.3 Å². The van der Waals surface area contributed by atoms with Crippen LogP contribution in [0.5, 0.6) is 0 Å². The molecule has 0 spiro atoms. The van der Waals surface area contributed by atoms with Gasteiger partial charge in [-0.1, -0.05) is 30.3 Å². The standard InChI is InChI=1S/C13H15NO4/c15-12(16)8-11-9-18-13(17)14(11)7-6-10-4-2-1-3-5-10/h1-5,11H,6-9H2,(H,15,16). The lowest BCUT2D eigenvalue weighted by Crippen LogP contribution is -2.36. The van der Waals surface area contributed by atoms with Gasteiger partial charge in [0.2, 0.25) is 0 Å². The summed E-state index contributed by atoms with van der Waals surface area (Å²) in [7, 11) is 0. The molecule has 0 aromatic heterocycles. The monoisotopic (exact) mass is 249 g/mol. The molecule has 5 heteroatoms. The summed E-state index contributed by atoms with van der Waals surface area (Å²) in [5.41, 5.74) is 1.12. The first-order valence-corrected chi connectivity index (χ1v) is 5.86. The van der Waals surface area contributed by atoms with E-state index in [-0.39, 0.29) is 19.1 Å². The molecule has 1 N–H and O–H groups in total. The molecule has 1 aromatic rings. The van der Waals surface area contributed by atoms with Crippen LogP contribution in [0.3, 0.4) is 0 Å². The number of hydrogen-bond donors (Lipinski definition) is 1. The third-order valence-electron chi connectivity index (χ3n) is 2.97. The topological polar surface area (TPSA) is 66.8 Å². The molecule has 5 nitrogen and oxygen atoms in total. The predicted molar refractivity (Wildman–Crippen MR) is 64.2 cm³/mol. The Balaban J connectivity index is 1.93. The van der Waals surface area contributed by atoms with Crippen molar-refractivity contribution in [1.29, 1.82) is 0 Å². The van der Waals surface area contributed by atoms with Gasteiger partial charge >= 0.3 is 12.1 Å². The van der Waals surface area contributed by atoms with Gasteiger partial charge in [0.25, 0.3) is 0 Å². The molecule has 1 aromatic carbocycles. The van der Waals surface area contributed by atoms with Crippen molar-refractivity contribution >= 4 is 12.1 Å². The quantitative estimate of drug-likeness (QED) is 0.859. The summed E-state index contributed by atoms with van der Waals surface area (Å²) < 4.78 is 4.89. The second-order valence-electron chi connectivity index (χ2n) is 4.26. The van der Waals surface area contributed by atoms with Crippen LogP contribution in [-0.2, 0) is 16.0 Å². The third-order valence-corrected chi connectivity index (χ3v) is 2.97. The molecular weight excluding hydrogens is 234 g/mol. The highest BCUT2D eigenvalue weighted by molar-refractivity contribution is 5.73. The maximum absolute atomic E-state index is 11.5. The third kappa shape index (κ3) is 3.00. The number of carbonyl (C=O) groups excluding carboxylic acids is 1. The van der Waals surface area contributed by atoms with Gasteiger partial charge in [-0.15, -0.1) is 0 Å². The second kappa shape index (κ2) is 5.53. The van der Waals surface area contributed by atoms with E-state index in [1.807, 2.05) is 30.3 Å². The molecule has 96 valence electrons. The number of amides is 1. The summed E-state index contributed by atoms with van der Waals surface area (Å²) >= 11 is 0. The first-order chi connectivity index (χ1) is 8.66. The van der Waals surface area contributed by atoms with E-state index in [0.29, 0.717) is 13.0 Å². The Morgan fingerprint density at radius 3 is 2.78 bits per heavy atom. The number of hydrogen-bond acceptors (Lipinski definition) is 3.